The number of nitrogens with zero attached hydrogens (tertiary/aromatic N) is 3. The summed E-state index contributed by atoms with van der Waals surface area (Å²) in [6, 6.07) is 0. The van der Waals surface area contributed by atoms with E-state index in [-0.39, 0.29) is 6.61 Å². The summed E-state index contributed by atoms with van der Waals surface area (Å²) in [7, 11) is 0. The lowest BCUT2D eigenvalue weighted by molar-refractivity contribution is 0.281. The first-order valence-corrected chi connectivity index (χ1v) is 6.37. The van der Waals surface area contributed by atoms with Crippen LogP contribution in [-0.4, -0.2) is 19.3 Å². The van der Waals surface area contributed by atoms with Gasteiger partial charge in [-0.25, -0.2) is 4.52 Å². The van der Waals surface area contributed by atoms with Gasteiger partial charge in [-0.05, 0) is 18.8 Å². The summed E-state index contributed by atoms with van der Waals surface area (Å²) in [6.45, 7) is 5.47. The number of aromatic nitrogens is 3. The van der Waals surface area contributed by atoms with E-state index in [0.717, 1.165) is 23.4 Å². The van der Waals surface area contributed by atoms with E-state index >= 15 is 0 Å². The van der Waals surface area contributed by atoms with Crippen LogP contribution in [0.1, 0.15) is 43.9 Å². The molecule has 1 aliphatic rings. The number of hydrogen-bond acceptors (Lipinski definition) is 2. The van der Waals surface area contributed by atoms with Gasteiger partial charge in [0.05, 0.1) is 12.3 Å². The molecule has 2 heterocycles. The Balaban J connectivity index is 2.11. The average Bonchev–Trinajstić information content (AvgIpc) is 2.96. The van der Waals surface area contributed by atoms with Crippen molar-refractivity contribution in [1.82, 2.24) is 14.2 Å². The van der Waals surface area contributed by atoms with Crippen molar-refractivity contribution in [3.63, 3.8) is 0 Å². The van der Waals surface area contributed by atoms with Gasteiger partial charge in [-0.2, -0.15) is 5.10 Å². The molecule has 1 fully saturated rings. The highest BCUT2D eigenvalue weighted by Gasteiger charge is 2.30. The summed E-state index contributed by atoms with van der Waals surface area (Å²) in [5, 5.41) is 14.2. The molecule has 1 aliphatic carbocycles. The Morgan fingerprint density at radius 2 is 2.18 bits per heavy atom. The van der Waals surface area contributed by atoms with E-state index in [1.165, 1.54) is 12.8 Å². The molecule has 0 saturated heterocycles. The summed E-state index contributed by atoms with van der Waals surface area (Å²) in [5.74, 6) is 1.18. The molecule has 3 rings (SSSR count). The average molecular weight is 233 g/mol. The van der Waals surface area contributed by atoms with E-state index in [1.54, 1.807) is 0 Å². The van der Waals surface area contributed by atoms with Gasteiger partial charge in [0.1, 0.15) is 5.65 Å². The predicted molar refractivity (Wildman–Crippen MR) is 65.9 cm³/mol. The third-order valence-corrected chi connectivity index (χ3v) is 3.36. The third kappa shape index (κ3) is 1.76. The van der Waals surface area contributed by atoms with Gasteiger partial charge < -0.3 is 9.67 Å². The first kappa shape index (κ1) is 10.8. The minimum atomic E-state index is 0.0947. The lowest BCUT2D eigenvalue weighted by atomic mass is 10.1. The smallest absolute Gasteiger partial charge is 0.141 e. The molecule has 1 saturated carbocycles. The molecule has 4 heteroatoms. The van der Waals surface area contributed by atoms with Crippen LogP contribution in [0.2, 0.25) is 0 Å². The highest BCUT2D eigenvalue weighted by molar-refractivity contribution is 5.53. The van der Waals surface area contributed by atoms with Gasteiger partial charge >= 0.3 is 0 Å². The molecular weight excluding hydrogens is 214 g/mol. The fourth-order valence-corrected chi connectivity index (χ4v) is 2.48. The van der Waals surface area contributed by atoms with Crippen LogP contribution in [0, 0.1) is 5.92 Å². The summed E-state index contributed by atoms with van der Waals surface area (Å²) in [5.41, 5.74) is 3.21. The van der Waals surface area contributed by atoms with Crippen molar-refractivity contribution >= 4 is 5.65 Å². The van der Waals surface area contributed by atoms with E-state index in [9.17, 15) is 5.11 Å². The van der Waals surface area contributed by atoms with Crippen LogP contribution in [0.25, 0.3) is 5.65 Å². The van der Waals surface area contributed by atoms with Gasteiger partial charge in [0.15, 0.2) is 0 Å². The standard InChI is InChI=1S/C13H19N3O/c1-9(2)7-15-5-6-16-13(15)11(8-17)12(14-16)10-3-4-10/h5-6,9-10,17H,3-4,7-8H2,1-2H3. The Hall–Kier alpha value is -1.29. The van der Waals surface area contributed by atoms with Gasteiger partial charge in [0, 0.05) is 30.4 Å². The highest BCUT2D eigenvalue weighted by atomic mass is 16.3. The summed E-state index contributed by atoms with van der Waals surface area (Å²) < 4.78 is 4.12. The van der Waals surface area contributed by atoms with E-state index < -0.39 is 0 Å². The molecule has 4 nitrogen and oxygen atoms in total. The van der Waals surface area contributed by atoms with Gasteiger partial charge in [0.2, 0.25) is 0 Å². The molecule has 0 aliphatic heterocycles. The third-order valence-electron chi connectivity index (χ3n) is 3.36. The number of imidazole rings is 1. The molecule has 0 bridgehead atoms. The molecule has 1 N–H and O–H groups in total. The van der Waals surface area contributed by atoms with E-state index in [2.05, 4.69) is 29.7 Å². The molecule has 0 unspecified atom stereocenters. The zero-order valence-electron chi connectivity index (χ0n) is 10.4. The van der Waals surface area contributed by atoms with Crippen LogP contribution in [0.15, 0.2) is 12.4 Å². The van der Waals surface area contributed by atoms with Crippen LogP contribution in [-0.2, 0) is 13.2 Å². The van der Waals surface area contributed by atoms with Gasteiger partial charge in [-0.1, -0.05) is 13.8 Å². The van der Waals surface area contributed by atoms with Gasteiger partial charge in [0.25, 0.3) is 0 Å². The van der Waals surface area contributed by atoms with E-state index in [0.29, 0.717) is 11.8 Å². The van der Waals surface area contributed by atoms with Crippen molar-refractivity contribution < 1.29 is 5.11 Å². The first-order chi connectivity index (χ1) is 8.20. The van der Waals surface area contributed by atoms with Crippen LogP contribution in [0.4, 0.5) is 0 Å². The maximum absolute atomic E-state index is 9.59. The van der Waals surface area contributed by atoms with Gasteiger partial charge in [-0.3, -0.25) is 0 Å². The van der Waals surface area contributed by atoms with E-state index in [4.69, 9.17) is 0 Å². The lowest BCUT2D eigenvalue weighted by Gasteiger charge is -2.07. The minimum absolute atomic E-state index is 0.0947. The predicted octanol–water partition coefficient (Wildman–Crippen LogP) is 2.16. The Morgan fingerprint density at radius 3 is 2.76 bits per heavy atom. The van der Waals surface area contributed by atoms with Crippen LogP contribution in [0.3, 0.4) is 0 Å². The summed E-state index contributed by atoms with van der Waals surface area (Å²) >= 11 is 0. The van der Waals surface area contributed by atoms with Gasteiger partial charge in [-0.15, -0.1) is 0 Å². The van der Waals surface area contributed by atoms with Crippen LogP contribution >= 0.6 is 0 Å². The second-order valence-corrected chi connectivity index (χ2v) is 5.41. The number of aliphatic hydroxyl groups excluding tert-OH is 1. The fraction of sp³-hybridized carbons (Fsp3) is 0.615. The zero-order valence-corrected chi connectivity index (χ0v) is 10.4. The fourth-order valence-electron chi connectivity index (χ4n) is 2.48. The molecule has 2 aromatic heterocycles. The van der Waals surface area contributed by atoms with Crippen LogP contribution in [0.5, 0.6) is 0 Å². The van der Waals surface area contributed by atoms with Crippen molar-refractivity contribution in [1.29, 1.82) is 0 Å². The molecule has 0 radical (unpaired) electrons. The molecule has 0 amide bonds. The molecule has 0 spiro atoms. The number of rotatable bonds is 4. The van der Waals surface area contributed by atoms with Crippen molar-refractivity contribution in [3.05, 3.63) is 23.7 Å². The monoisotopic (exact) mass is 233 g/mol. The first-order valence-electron chi connectivity index (χ1n) is 6.37. The normalized spacial score (nSPS) is 16.2. The summed E-state index contributed by atoms with van der Waals surface area (Å²) in [6.07, 6.45) is 6.48. The maximum atomic E-state index is 9.59. The molecule has 92 valence electrons. The largest absolute Gasteiger partial charge is 0.391 e. The molecule has 0 atom stereocenters. The maximum Gasteiger partial charge on any atom is 0.141 e. The molecular formula is C13H19N3O. The van der Waals surface area contributed by atoms with E-state index in [1.807, 2.05) is 10.7 Å². The quantitative estimate of drug-likeness (QED) is 0.879. The van der Waals surface area contributed by atoms with Crippen molar-refractivity contribution in [2.24, 2.45) is 5.92 Å². The second kappa shape index (κ2) is 3.88. The molecule has 17 heavy (non-hydrogen) atoms. The summed E-state index contributed by atoms with van der Waals surface area (Å²) in [4.78, 5) is 0. The Kier molecular flexibility index (Phi) is 2.47. The Labute approximate surface area is 101 Å². The van der Waals surface area contributed by atoms with Crippen LogP contribution < -0.4 is 0 Å². The van der Waals surface area contributed by atoms with Crippen molar-refractivity contribution in [3.8, 4) is 0 Å². The number of aliphatic hydroxyl groups is 1. The lowest BCUT2D eigenvalue weighted by Crippen LogP contribution is -2.04. The topological polar surface area (TPSA) is 42.5 Å². The SMILES string of the molecule is CC(C)Cn1ccn2nc(C3CC3)c(CO)c12. The second-order valence-electron chi connectivity index (χ2n) is 5.41. The molecule has 2 aromatic rings. The number of hydrogen-bond donors (Lipinski definition) is 1. The zero-order chi connectivity index (χ0) is 12.0. The number of fused-ring (bicyclic) bond motifs is 1. The Bertz CT molecular complexity index is 534. The highest BCUT2D eigenvalue weighted by Crippen LogP contribution is 2.41. The minimum Gasteiger partial charge on any atom is -0.391 e. The Morgan fingerprint density at radius 1 is 1.41 bits per heavy atom. The molecule has 0 aromatic carbocycles. The van der Waals surface area contributed by atoms with Crippen molar-refractivity contribution in [2.75, 3.05) is 0 Å². The van der Waals surface area contributed by atoms with Crippen molar-refractivity contribution in [2.45, 2.75) is 45.8 Å².